The Bertz CT molecular complexity index is 1180. The lowest BCUT2D eigenvalue weighted by atomic mass is 10.3. The molecule has 2 aromatic carbocycles. The number of nitrogens with zero attached hydrogens (tertiary/aromatic N) is 3. The van der Waals surface area contributed by atoms with Crippen molar-refractivity contribution in [1.82, 2.24) is 13.8 Å². The molecular formula is C18H17BrClN3O4S. The minimum Gasteiger partial charge on any atom is -0.408 e. The molecule has 1 aromatic heterocycles. The van der Waals surface area contributed by atoms with Crippen LogP contribution in [0.2, 0.25) is 5.02 Å². The lowest BCUT2D eigenvalue weighted by molar-refractivity contribution is 0.150. The summed E-state index contributed by atoms with van der Waals surface area (Å²) < 4.78 is 34.8. The van der Waals surface area contributed by atoms with Crippen LogP contribution in [0.1, 0.15) is 0 Å². The Kier molecular flexibility index (Phi) is 5.36. The maximum Gasteiger partial charge on any atom is 0.421 e. The molecule has 0 amide bonds. The monoisotopic (exact) mass is 485 g/mol. The summed E-state index contributed by atoms with van der Waals surface area (Å²) in [5.74, 6) is -0.419. The van der Waals surface area contributed by atoms with E-state index in [1.807, 2.05) is 23.1 Å². The molecule has 1 saturated heterocycles. The van der Waals surface area contributed by atoms with Crippen molar-refractivity contribution in [2.75, 3.05) is 26.2 Å². The van der Waals surface area contributed by atoms with Crippen LogP contribution >= 0.6 is 27.5 Å². The van der Waals surface area contributed by atoms with Crippen LogP contribution in [0.25, 0.3) is 11.1 Å². The molecule has 2 heterocycles. The number of hydrogen-bond acceptors (Lipinski definition) is 5. The number of aromatic nitrogens is 1. The van der Waals surface area contributed by atoms with Gasteiger partial charge in [-0.25, -0.2) is 13.2 Å². The van der Waals surface area contributed by atoms with Crippen LogP contribution in [-0.2, 0) is 16.7 Å². The summed E-state index contributed by atoms with van der Waals surface area (Å²) in [6.45, 7) is 1.99. The maximum absolute atomic E-state index is 12.9. The predicted octanol–water partition coefficient (Wildman–Crippen LogP) is 2.97. The van der Waals surface area contributed by atoms with Crippen LogP contribution in [0, 0.1) is 0 Å². The van der Waals surface area contributed by atoms with Gasteiger partial charge in [-0.3, -0.25) is 9.47 Å². The Morgan fingerprint density at radius 3 is 2.50 bits per heavy atom. The highest BCUT2D eigenvalue weighted by molar-refractivity contribution is 9.10. The first-order chi connectivity index (χ1) is 13.4. The van der Waals surface area contributed by atoms with Gasteiger partial charge in [-0.2, -0.15) is 4.31 Å². The molecule has 0 unspecified atom stereocenters. The SMILES string of the molecule is O=c1oc2ccccc2n1CN1CCN(S(=O)(=O)c2ccc(Br)cc2Cl)CC1. The molecule has 0 N–H and O–H groups in total. The van der Waals surface area contributed by atoms with Crippen LogP contribution in [0.4, 0.5) is 0 Å². The van der Waals surface area contributed by atoms with E-state index in [1.165, 1.54) is 10.4 Å². The van der Waals surface area contributed by atoms with Gasteiger partial charge in [0.15, 0.2) is 5.58 Å². The first-order valence-corrected chi connectivity index (χ1v) is 11.2. The summed E-state index contributed by atoms with van der Waals surface area (Å²) >= 11 is 9.42. The second-order valence-electron chi connectivity index (χ2n) is 6.50. The van der Waals surface area contributed by atoms with Gasteiger partial charge in [-0.05, 0) is 30.3 Å². The lowest BCUT2D eigenvalue weighted by Gasteiger charge is -2.34. The number of oxazole rings is 1. The van der Waals surface area contributed by atoms with Crippen molar-refractivity contribution in [3.8, 4) is 0 Å². The van der Waals surface area contributed by atoms with Gasteiger partial charge in [-0.1, -0.05) is 39.7 Å². The Hall–Kier alpha value is -1.65. The molecule has 28 heavy (non-hydrogen) atoms. The zero-order valence-electron chi connectivity index (χ0n) is 14.7. The van der Waals surface area contributed by atoms with Gasteiger partial charge in [0.1, 0.15) is 4.90 Å². The number of halogens is 2. The number of hydrogen-bond donors (Lipinski definition) is 0. The van der Waals surface area contributed by atoms with Crippen LogP contribution in [-0.4, -0.2) is 48.4 Å². The zero-order chi connectivity index (χ0) is 19.9. The molecule has 4 rings (SSSR count). The normalized spacial score (nSPS) is 16.6. The fraction of sp³-hybridized carbons (Fsp3) is 0.278. The van der Waals surface area contributed by atoms with Gasteiger partial charge in [0.25, 0.3) is 0 Å². The van der Waals surface area contributed by atoms with E-state index in [4.69, 9.17) is 16.0 Å². The fourth-order valence-electron chi connectivity index (χ4n) is 3.28. The largest absolute Gasteiger partial charge is 0.421 e. The van der Waals surface area contributed by atoms with Crippen molar-refractivity contribution in [2.45, 2.75) is 11.6 Å². The molecule has 0 aliphatic carbocycles. The molecule has 0 radical (unpaired) electrons. The number of fused-ring (bicyclic) bond motifs is 1. The summed E-state index contributed by atoms with van der Waals surface area (Å²) in [5, 5.41) is 0.188. The molecule has 3 aromatic rings. The van der Waals surface area contributed by atoms with Gasteiger partial charge in [0, 0.05) is 30.7 Å². The Morgan fingerprint density at radius 1 is 1.07 bits per heavy atom. The molecule has 1 aliphatic rings. The lowest BCUT2D eigenvalue weighted by Crippen LogP contribution is -2.49. The molecule has 0 atom stereocenters. The van der Waals surface area contributed by atoms with Gasteiger partial charge in [0.2, 0.25) is 10.0 Å². The third kappa shape index (κ3) is 3.65. The Labute approximate surface area is 175 Å². The topological polar surface area (TPSA) is 75.8 Å². The fourth-order valence-corrected chi connectivity index (χ4v) is 5.72. The van der Waals surface area contributed by atoms with Crippen molar-refractivity contribution < 1.29 is 12.8 Å². The van der Waals surface area contributed by atoms with E-state index >= 15 is 0 Å². The van der Waals surface area contributed by atoms with Gasteiger partial charge >= 0.3 is 5.76 Å². The van der Waals surface area contributed by atoms with E-state index in [0.29, 0.717) is 38.4 Å². The van der Waals surface area contributed by atoms with Crippen molar-refractivity contribution in [2.24, 2.45) is 0 Å². The van der Waals surface area contributed by atoms with Crippen LogP contribution in [0.3, 0.4) is 0 Å². The van der Waals surface area contributed by atoms with E-state index in [-0.39, 0.29) is 9.92 Å². The van der Waals surface area contributed by atoms with E-state index in [9.17, 15) is 13.2 Å². The van der Waals surface area contributed by atoms with Crippen molar-refractivity contribution in [3.63, 3.8) is 0 Å². The van der Waals surface area contributed by atoms with Crippen LogP contribution in [0.5, 0.6) is 0 Å². The maximum atomic E-state index is 12.9. The molecule has 1 fully saturated rings. The minimum atomic E-state index is -3.67. The summed E-state index contributed by atoms with van der Waals surface area (Å²) in [6, 6.07) is 12.0. The highest BCUT2D eigenvalue weighted by Gasteiger charge is 2.30. The standard InChI is InChI=1S/C18H17BrClN3O4S/c19-13-5-6-17(14(20)11-13)28(25,26)22-9-7-21(8-10-22)12-23-15-3-1-2-4-16(15)27-18(23)24/h1-6,11H,7-10,12H2. The minimum absolute atomic E-state index is 0.0999. The Balaban J connectivity index is 1.48. The summed E-state index contributed by atoms with van der Waals surface area (Å²) in [6.07, 6.45) is 0. The molecule has 10 heteroatoms. The molecule has 7 nitrogen and oxygen atoms in total. The highest BCUT2D eigenvalue weighted by atomic mass is 79.9. The quantitative estimate of drug-likeness (QED) is 0.567. The molecule has 0 bridgehead atoms. The van der Waals surface area contributed by atoms with Crippen molar-refractivity contribution >= 4 is 48.7 Å². The second-order valence-corrected chi connectivity index (χ2v) is 9.73. The second kappa shape index (κ2) is 7.64. The number of piperazine rings is 1. The summed E-state index contributed by atoms with van der Waals surface area (Å²) in [5.41, 5.74) is 1.27. The molecule has 0 saturated carbocycles. The average Bonchev–Trinajstić information content (AvgIpc) is 2.97. The number of rotatable bonds is 4. The first kappa shape index (κ1) is 19.7. The smallest absolute Gasteiger partial charge is 0.408 e. The van der Waals surface area contributed by atoms with Crippen LogP contribution in [0.15, 0.2) is 61.0 Å². The molecular weight excluding hydrogens is 470 g/mol. The zero-order valence-corrected chi connectivity index (χ0v) is 17.9. The third-order valence-electron chi connectivity index (χ3n) is 4.76. The molecule has 0 spiro atoms. The number of para-hydroxylation sites is 2. The van der Waals surface area contributed by atoms with Crippen molar-refractivity contribution in [1.29, 1.82) is 0 Å². The van der Waals surface area contributed by atoms with E-state index < -0.39 is 15.8 Å². The number of sulfonamides is 1. The number of benzene rings is 2. The summed E-state index contributed by atoms with van der Waals surface area (Å²) in [7, 11) is -3.67. The molecule has 1 aliphatic heterocycles. The first-order valence-electron chi connectivity index (χ1n) is 8.62. The van der Waals surface area contributed by atoms with Gasteiger partial charge in [-0.15, -0.1) is 0 Å². The van der Waals surface area contributed by atoms with E-state index in [1.54, 1.807) is 22.8 Å². The summed E-state index contributed by atoms with van der Waals surface area (Å²) in [4.78, 5) is 14.3. The van der Waals surface area contributed by atoms with E-state index in [2.05, 4.69) is 15.9 Å². The molecule has 148 valence electrons. The third-order valence-corrected chi connectivity index (χ3v) is 7.63. The van der Waals surface area contributed by atoms with Gasteiger partial charge < -0.3 is 4.42 Å². The highest BCUT2D eigenvalue weighted by Crippen LogP contribution is 2.28. The van der Waals surface area contributed by atoms with Crippen LogP contribution < -0.4 is 5.76 Å². The predicted molar refractivity (Wildman–Crippen MR) is 110 cm³/mol. The van der Waals surface area contributed by atoms with Gasteiger partial charge in [0.05, 0.1) is 17.2 Å². The average molecular weight is 487 g/mol. The van der Waals surface area contributed by atoms with Crippen molar-refractivity contribution in [3.05, 3.63) is 62.5 Å². The Morgan fingerprint density at radius 2 is 1.79 bits per heavy atom. The van der Waals surface area contributed by atoms with E-state index in [0.717, 1.165) is 9.99 Å².